The highest BCUT2D eigenvalue weighted by molar-refractivity contribution is 7.12. The van der Waals surface area contributed by atoms with Gasteiger partial charge >= 0.3 is 0 Å². The Balaban J connectivity index is 1.63. The van der Waals surface area contributed by atoms with E-state index >= 15 is 0 Å². The molecule has 1 amide bonds. The number of amides is 1. The summed E-state index contributed by atoms with van der Waals surface area (Å²) in [5.74, 6) is -0.0723. The largest absolute Gasteiger partial charge is 0.489 e. The lowest BCUT2D eigenvalue weighted by Crippen LogP contribution is -2.10. The first-order valence-corrected chi connectivity index (χ1v) is 9.28. The number of nitrogens with one attached hydrogen (secondary N) is 1. The Bertz CT molecular complexity index is 958. The van der Waals surface area contributed by atoms with E-state index in [-0.39, 0.29) is 10.9 Å². The molecule has 0 fully saturated rings. The minimum Gasteiger partial charge on any atom is -0.489 e. The number of benzene rings is 2. The Morgan fingerprint density at radius 1 is 1.19 bits per heavy atom. The lowest BCUT2D eigenvalue weighted by atomic mass is 10.2. The van der Waals surface area contributed by atoms with Crippen LogP contribution in [0.1, 0.15) is 20.8 Å². The Morgan fingerprint density at radius 3 is 2.73 bits per heavy atom. The predicted octanol–water partition coefficient (Wildman–Crippen LogP) is 6.33. The third-order valence-corrected chi connectivity index (χ3v) is 5.09. The Hall–Kier alpha value is -2.08. The van der Waals surface area contributed by atoms with Gasteiger partial charge in [0.1, 0.15) is 18.2 Å². The molecule has 0 aliphatic carbocycles. The second kappa shape index (κ2) is 8.08. The fraction of sp³-hybridized carbons (Fsp3) is 0.105. The van der Waals surface area contributed by atoms with Gasteiger partial charge in [-0.05, 0) is 60.3 Å². The van der Waals surface area contributed by atoms with Gasteiger partial charge in [-0.15, -0.1) is 11.3 Å². The van der Waals surface area contributed by atoms with Crippen LogP contribution in [-0.2, 0) is 6.61 Å². The Kier molecular flexibility index (Phi) is 5.81. The first-order chi connectivity index (χ1) is 12.4. The van der Waals surface area contributed by atoms with Gasteiger partial charge in [-0.1, -0.05) is 23.2 Å². The second-order valence-electron chi connectivity index (χ2n) is 5.60. The van der Waals surface area contributed by atoms with Crippen LogP contribution >= 0.6 is 34.5 Å². The van der Waals surface area contributed by atoms with Gasteiger partial charge in [-0.3, -0.25) is 4.79 Å². The van der Waals surface area contributed by atoms with Gasteiger partial charge in [-0.25, -0.2) is 4.39 Å². The molecule has 0 saturated heterocycles. The number of rotatable bonds is 5. The van der Waals surface area contributed by atoms with E-state index < -0.39 is 5.82 Å². The van der Waals surface area contributed by atoms with E-state index in [0.29, 0.717) is 22.2 Å². The molecule has 3 aromatic rings. The fourth-order valence-electron chi connectivity index (χ4n) is 2.27. The highest BCUT2D eigenvalue weighted by atomic mass is 35.5. The van der Waals surface area contributed by atoms with Crippen molar-refractivity contribution in [3.05, 3.63) is 79.7 Å². The molecule has 134 valence electrons. The Labute approximate surface area is 164 Å². The standard InChI is InChI=1S/C19H14Cl2FNO2S/c1-11-6-13(20)2-5-17(11)25-9-12-7-18(26-10-12)19(24)23-14-3-4-16(22)15(21)8-14/h2-8,10H,9H2,1H3,(H,23,24). The summed E-state index contributed by atoms with van der Waals surface area (Å²) in [6.45, 7) is 2.26. The molecule has 26 heavy (non-hydrogen) atoms. The summed E-state index contributed by atoms with van der Waals surface area (Å²) in [4.78, 5) is 12.8. The maximum Gasteiger partial charge on any atom is 0.265 e. The van der Waals surface area contributed by atoms with E-state index in [0.717, 1.165) is 16.9 Å². The van der Waals surface area contributed by atoms with Gasteiger partial charge in [0.25, 0.3) is 5.91 Å². The maximum atomic E-state index is 13.2. The zero-order valence-electron chi connectivity index (χ0n) is 13.7. The number of thiophene rings is 1. The minimum absolute atomic E-state index is 0.0404. The number of anilines is 1. The summed E-state index contributed by atoms with van der Waals surface area (Å²) >= 11 is 13.0. The van der Waals surface area contributed by atoms with Crippen molar-refractivity contribution in [1.29, 1.82) is 0 Å². The van der Waals surface area contributed by atoms with Gasteiger partial charge in [0, 0.05) is 16.3 Å². The SMILES string of the molecule is Cc1cc(Cl)ccc1OCc1csc(C(=O)Nc2ccc(F)c(Cl)c2)c1. The summed E-state index contributed by atoms with van der Waals surface area (Å²) in [5, 5.41) is 5.17. The van der Waals surface area contributed by atoms with Crippen LogP contribution in [0.3, 0.4) is 0 Å². The molecule has 0 aliphatic heterocycles. The number of ether oxygens (including phenoxy) is 1. The summed E-state index contributed by atoms with van der Waals surface area (Å²) in [7, 11) is 0. The quantitative estimate of drug-likeness (QED) is 0.534. The fourth-order valence-corrected chi connectivity index (χ4v) is 3.47. The van der Waals surface area contributed by atoms with E-state index in [9.17, 15) is 9.18 Å². The molecule has 0 spiro atoms. The number of carbonyl (C=O) groups excluding carboxylic acids is 1. The zero-order valence-corrected chi connectivity index (χ0v) is 16.0. The van der Waals surface area contributed by atoms with Gasteiger partial charge in [0.05, 0.1) is 9.90 Å². The van der Waals surface area contributed by atoms with E-state index in [4.69, 9.17) is 27.9 Å². The predicted molar refractivity (Wildman–Crippen MR) is 104 cm³/mol. The molecule has 0 aliphatic rings. The van der Waals surface area contributed by atoms with Gasteiger partial charge in [0.15, 0.2) is 0 Å². The molecular weight excluding hydrogens is 396 g/mol. The zero-order chi connectivity index (χ0) is 18.7. The number of halogens is 3. The first-order valence-electron chi connectivity index (χ1n) is 7.65. The molecule has 0 saturated carbocycles. The van der Waals surface area contributed by atoms with Crippen LogP contribution in [0.2, 0.25) is 10.0 Å². The van der Waals surface area contributed by atoms with Gasteiger partial charge < -0.3 is 10.1 Å². The molecule has 0 unspecified atom stereocenters. The normalized spacial score (nSPS) is 10.6. The van der Waals surface area contributed by atoms with Crippen LogP contribution in [0.4, 0.5) is 10.1 Å². The van der Waals surface area contributed by atoms with Crippen molar-refractivity contribution in [3.63, 3.8) is 0 Å². The summed E-state index contributed by atoms with van der Waals surface area (Å²) in [6, 6.07) is 11.2. The lowest BCUT2D eigenvalue weighted by Gasteiger charge is -2.08. The van der Waals surface area contributed by atoms with Crippen LogP contribution in [-0.4, -0.2) is 5.91 Å². The van der Waals surface area contributed by atoms with Crippen LogP contribution in [0.25, 0.3) is 0 Å². The molecule has 2 aromatic carbocycles. The molecule has 3 rings (SSSR count). The van der Waals surface area contributed by atoms with Gasteiger partial charge in [-0.2, -0.15) is 0 Å². The molecule has 1 N–H and O–H groups in total. The molecule has 1 aromatic heterocycles. The molecular formula is C19H14Cl2FNO2S. The summed E-state index contributed by atoms with van der Waals surface area (Å²) in [6.07, 6.45) is 0. The maximum absolute atomic E-state index is 13.2. The van der Waals surface area contributed by atoms with Crippen molar-refractivity contribution < 1.29 is 13.9 Å². The van der Waals surface area contributed by atoms with E-state index in [1.807, 2.05) is 24.4 Å². The minimum atomic E-state index is -0.530. The summed E-state index contributed by atoms with van der Waals surface area (Å²) < 4.78 is 18.9. The van der Waals surface area contributed by atoms with Crippen molar-refractivity contribution in [2.45, 2.75) is 13.5 Å². The van der Waals surface area contributed by atoms with E-state index in [1.165, 1.54) is 29.5 Å². The topological polar surface area (TPSA) is 38.3 Å². The molecule has 0 radical (unpaired) electrons. The van der Waals surface area contributed by atoms with E-state index in [1.54, 1.807) is 12.1 Å². The van der Waals surface area contributed by atoms with Crippen molar-refractivity contribution >= 4 is 46.1 Å². The smallest absolute Gasteiger partial charge is 0.265 e. The number of hydrogen-bond donors (Lipinski definition) is 1. The number of aryl methyl sites for hydroxylation is 1. The number of carbonyl (C=O) groups is 1. The van der Waals surface area contributed by atoms with Gasteiger partial charge in [0.2, 0.25) is 0 Å². The van der Waals surface area contributed by atoms with Crippen molar-refractivity contribution in [3.8, 4) is 5.75 Å². The molecule has 0 atom stereocenters. The van der Waals surface area contributed by atoms with Crippen LogP contribution < -0.4 is 10.1 Å². The van der Waals surface area contributed by atoms with Crippen molar-refractivity contribution in [1.82, 2.24) is 0 Å². The monoisotopic (exact) mass is 409 g/mol. The highest BCUT2D eigenvalue weighted by Gasteiger charge is 2.11. The lowest BCUT2D eigenvalue weighted by molar-refractivity contribution is 0.103. The highest BCUT2D eigenvalue weighted by Crippen LogP contribution is 2.25. The summed E-state index contributed by atoms with van der Waals surface area (Å²) in [5.41, 5.74) is 2.26. The third-order valence-electron chi connectivity index (χ3n) is 3.59. The molecule has 3 nitrogen and oxygen atoms in total. The van der Waals surface area contributed by atoms with Crippen LogP contribution in [0.15, 0.2) is 47.8 Å². The average molecular weight is 410 g/mol. The van der Waals surface area contributed by atoms with Crippen LogP contribution in [0.5, 0.6) is 5.75 Å². The third kappa shape index (κ3) is 4.55. The Morgan fingerprint density at radius 2 is 2.00 bits per heavy atom. The average Bonchev–Trinajstić information content (AvgIpc) is 3.06. The molecule has 7 heteroatoms. The van der Waals surface area contributed by atoms with Crippen molar-refractivity contribution in [2.75, 3.05) is 5.32 Å². The first kappa shape index (κ1) is 18.7. The van der Waals surface area contributed by atoms with E-state index in [2.05, 4.69) is 5.32 Å². The number of hydrogen-bond acceptors (Lipinski definition) is 3. The van der Waals surface area contributed by atoms with Crippen LogP contribution in [0, 0.1) is 12.7 Å². The molecule has 1 heterocycles. The van der Waals surface area contributed by atoms with Crippen molar-refractivity contribution in [2.24, 2.45) is 0 Å². The second-order valence-corrected chi connectivity index (χ2v) is 7.36. The molecule has 0 bridgehead atoms.